The molecule has 0 spiro atoms. The van der Waals surface area contributed by atoms with E-state index in [0.717, 1.165) is 12.8 Å². The predicted octanol–water partition coefficient (Wildman–Crippen LogP) is 3.51. The van der Waals surface area contributed by atoms with Gasteiger partial charge in [-0.15, -0.1) is 0 Å². The van der Waals surface area contributed by atoms with E-state index < -0.39 is 0 Å². The molecule has 1 atom stereocenters. The third kappa shape index (κ3) is 5.55. The Bertz CT molecular complexity index is 570. The van der Waals surface area contributed by atoms with Gasteiger partial charge < -0.3 is 14.8 Å². The quantitative estimate of drug-likeness (QED) is 0.555. The van der Waals surface area contributed by atoms with E-state index in [9.17, 15) is 9.59 Å². The highest BCUT2D eigenvalue weighted by atomic mass is 16.6. The predicted molar refractivity (Wildman–Crippen MR) is 92.7 cm³/mol. The Morgan fingerprint density at radius 2 is 1.88 bits per heavy atom. The fourth-order valence-electron chi connectivity index (χ4n) is 2.71. The largest absolute Gasteiger partial charge is 0.486 e. The van der Waals surface area contributed by atoms with Crippen LogP contribution in [0.2, 0.25) is 0 Å². The number of ketones is 1. The van der Waals surface area contributed by atoms with E-state index in [1.165, 1.54) is 12.8 Å². The van der Waals surface area contributed by atoms with Gasteiger partial charge in [-0.25, -0.2) is 0 Å². The molecule has 24 heavy (non-hydrogen) atoms. The zero-order chi connectivity index (χ0) is 17.4. The maximum absolute atomic E-state index is 12.3. The van der Waals surface area contributed by atoms with Crippen molar-refractivity contribution >= 4 is 11.7 Å². The Kier molecular flexibility index (Phi) is 7.09. The highest BCUT2D eigenvalue weighted by Gasteiger charge is 2.16. The summed E-state index contributed by atoms with van der Waals surface area (Å²) in [5.74, 6) is 1.14. The molecule has 5 heteroatoms. The first-order chi connectivity index (χ1) is 11.6. The van der Waals surface area contributed by atoms with E-state index in [4.69, 9.17) is 9.47 Å². The molecule has 1 unspecified atom stereocenters. The van der Waals surface area contributed by atoms with Gasteiger partial charge in [0.05, 0.1) is 0 Å². The van der Waals surface area contributed by atoms with Crippen molar-refractivity contribution in [3.63, 3.8) is 0 Å². The average Bonchev–Trinajstić information content (AvgIpc) is 2.59. The number of hydrogen-bond donors (Lipinski definition) is 1. The molecule has 2 rings (SSSR count). The van der Waals surface area contributed by atoms with Gasteiger partial charge >= 0.3 is 0 Å². The third-order valence-electron chi connectivity index (χ3n) is 4.09. The standard InChI is InChI=1S/C19H27NO4/c1-3-4-5-6-14(2)20-19(22)10-8-16(21)15-7-9-17-18(13-15)24-12-11-23-17/h7,9,13-14H,3-6,8,10-12H2,1-2H3,(H,20,22). The van der Waals surface area contributed by atoms with Crippen LogP contribution in [0.15, 0.2) is 18.2 Å². The Morgan fingerprint density at radius 3 is 2.62 bits per heavy atom. The van der Waals surface area contributed by atoms with Crippen LogP contribution in [0.4, 0.5) is 0 Å². The van der Waals surface area contributed by atoms with E-state index in [1.807, 2.05) is 6.92 Å². The molecule has 1 amide bonds. The van der Waals surface area contributed by atoms with Crippen LogP contribution in [0.5, 0.6) is 11.5 Å². The smallest absolute Gasteiger partial charge is 0.220 e. The van der Waals surface area contributed by atoms with Crippen LogP contribution in [-0.4, -0.2) is 30.9 Å². The second kappa shape index (κ2) is 9.30. The highest BCUT2D eigenvalue weighted by molar-refractivity contribution is 5.98. The van der Waals surface area contributed by atoms with E-state index in [2.05, 4.69) is 12.2 Å². The molecular formula is C19H27NO4. The summed E-state index contributed by atoms with van der Waals surface area (Å²) in [4.78, 5) is 24.2. The van der Waals surface area contributed by atoms with Crippen molar-refractivity contribution in [3.8, 4) is 11.5 Å². The van der Waals surface area contributed by atoms with Crippen molar-refractivity contribution in [3.05, 3.63) is 23.8 Å². The lowest BCUT2D eigenvalue weighted by molar-refractivity contribution is -0.121. The Balaban J connectivity index is 1.77. The number of ether oxygens (including phenoxy) is 2. The van der Waals surface area contributed by atoms with Gasteiger partial charge in [0.25, 0.3) is 0 Å². The van der Waals surface area contributed by atoms with Gasteiger partial charge in [0.2, 0.25) is 5.91 Å². The molecule has 0 fully saturated rings. The summed E-state index contributed by atoms with van der Waals surface area (Å²) in [6.07, 6.45) is 4.87. The molecule has 132 valence electrons. The number of nitrogens with one attached hydrogen (secondary N) is 1. The maximum Gasteiger partial charge on any atom is 0.220 e. The molecule has 1 heterocycles. The molecule has 0 radical (unpaired) electrons. The van der Waals surface area contributed by atoms with Crippen molar-refractivity contribution in [1.29, 1.82) is 0 Å². The Morgan fingerprint density at radius 1 is 1.12 bits per heavy atom. The minimum absolute atomic E-state index is 0.0549. The maximum atomic E-state index is 12.3. The number of carbonyl (C=O) groups excluding carboxylic acids is 2. The SMILES string of the molecule is CCCCCC(C)NC(=O)CCC(=O)c1ccc2c(c1)OCCO2. The molecule has 0 aromatic heterocycles. The molecule has 0 saturated carbocycles. The van der Waals surface area contributed by atoms with Crippen molar-refractivity contribution in [1.82, 2.24) is 5.32 Å². The summed E-state index contributed by atoms with van der Waals surface area (Å²) in [6.45, 7) is 5.18. The van der Waals surface area contributed by atoms with Crippen molar-refractivity contribution in [2.24, 2.45) is 0 Å². The monoisotopic (exact) mass is 333 g/mol. The first-order valence-electron chi connectivity index (χ1n) is 8.82. The minimum atomic E-state index is -0.0649. The van der Waals surface area contributed by atoms with Gasteiger partial charge in [-0.3, -0.25) is 9.59 Å². The zero-order valence-corrected chi connectivity index (χ0v) is 14.6. The molecule has 1 aromatic rings. The first kappa shape index (κ1) is 18.3. The van der Waals surface area contributed by atoms with Crippen molar-refractivity contribution in [2.75, 3.05) is 13.2 Å². The highest BCUT2D eigenvalue weighted by Crippen LogP contribution is 2.31. The van der Waals surface area contributed by atoms with Crippen LogP contribution in [0, 0.1) is 0 Å². The summed E-state index contributed by atoms with van der Waals surface area (Å²) < 4.78 is 10.9. The van der Waals surface area contributed by atoms with Crippen molar-refractivity contribution in [2.45, 2.75) is 58.4 Å². The average molecular weight is 333 g/mol. The molecule has 5 nitrogen and oxygen atoms in total. The van der Waals surface area contributed by atoms with E-state index >= 15 is 0 Å². The summed E-state index contributed by atoms with van der Waals surface area (Å²) in [7, 11) is 0. The van der Waals surface area contributed by atoms with Gasteiger partial charge in [0.1, 0.15) is 13.2 Å². The number of unbranched alkanes of at least 4 members (excludes halogenated alkanes) is 2. The number of carbonyl (C=O) groups is 2. The second-order valence-corrected chi connectivity index (χ2v) is 6.25. The molecule has 1 aliphatic rings. The normalized spacial score (nSPS) is 14.1. The second-order valence-electron chi connectivity index (χ2n) is 6.25. The molecule has 0 aliphatic carbocycles. The van der Waals surface area contributed by atoms with Crippen LogP contribution in [0.25, 0.3) is 0 Å². The Hall–Kier alpha value is -2.04. The van der Waals surface area contributed by atoms with Gasteiger partial charge in [0, 0.05) is 24.4 Å². The summed E-state index contributed by atoms with van der Waals surface area (Å²) in [6, 6.07) is 5.33. The van der Waals surface area contributed by atoms with Crippen LogP contribution in [-0.2, 0) is 4.79 Å². The van der Waals surface area contributed by atoms with Gasteiger partial charge in [0.15, 0.2) is 17.3 Å². The van der Waals surface area contributed by atoms with E-state index in [-0.39, 0.29) is 30.6 Å². The fourth-order valence-corrected chi connectivity index (χ4v) is 2.71. The number of Topliss-reactive ketones (excluding diaryl/α,β-unsaturated/α-hetero) is 1. The van der Waals surface area contributed by atoms with E-state index in [0.29, 0.717) is 30.3 Å². The van der Waals surface area contributed by atoms with E-state index in [1.54, 1.807) is 18.2 Å². The fraction of sp³-hybridized carbons (Fsp3) is 0.579. The molecule has 0 bridgehead atoms. The molecule has 0 saturated heterocycles. The zero-order valence-electron chi connectivity index (χ0n) is 14.6. The summed E-state index contributed by atoms with van der Waals surface area (Å²) in [5.41, 5.74) is 0.558. The number of amides is 1. The number of benzene rings is 1. The van der Waals surface area contributed by atoms with Crippen LogP contribution < -0.4 is 14.8 Å². The van der Waals surface area contributed by atoms with Gasteiger partial charge in [-0.1, -0.05) is 26.2 Å². The Labute approximate surface area is 143 Å². The third-order valence-corrected chi connectivity index (χ3v) is 4.09. The lowest BCUT2D eigenvalue weighted by atomic mass is 10.0. The lowest BCUT2D eigenvalue weighted by Crippen LogP contribution is -2.32. The van der Waals surface area contributed by atoms with Crippen LogP contribution in [0.1, 0.15) is 62.7 Å². The van der Waals surface area contributed by atoms with Gasteiger partial charge in [-0.05, 0) is 31.5 Å². The van der Waals surface area contributed by atoms with Gasteiger partial charge in [-0.2, -0.15) is 0 Å². The topological polar surface area (TPSA) is 64.6 Å². The first-order valence-corrected chi connectivity index (χ1v) is 8.82. The minimum Gasteiger partial charge on any atom is -0.486 e. The lowest BCUT2D eigenvalue weighted by Gasteiger charge is -2.18. The number of rotatable bonds is 9. The number of fused-ring (bicyclic) bond motifs is 1. The molecule has 1 aliphatic heterocycles. The summed E-state index contributed by atoms with van der Waals surface area (Å²) >= 11 is 0. The molecule has 1 aromatic carbocycles. The van der Waals surface area contributed by atoms with Crippen LogP contribution >= 0.6 is 0 Å². The van der Waals surface area contributed by atoms with Crippen LogP contribution in [0.3, 0.4) is 0 Å². The summed E-state index contributed by atoms with van der Waals surface area (Å²) in [5, 5.41) is 2.96. The molecular weight excluding hydrogens is 306 g/mol. The number of hydrogen-bond acceptors (Lipinski definition) is 4. The molecule has 1 N–H and O–H groups in total. The van der Waals surface area contributed by atoms with Crippen molar-refractivity contribution < 1.29 is 19.1 Å².